The van der Waals surface area contributed by atoms with Crippen molar-refractivity contribution in [3.63, 3.8) is 0 Å². The van der Waals surface area contributed by atoms with Crippen LogP contribution in [0.2, 0.25) is 0 Å². The summed E-state index contributed by atoms with van der Waals surface area (Å²) in [6.45, 7) is 9.14. The van der Waals surface area contributed by atoms with Crippen LogP contribution in [0.15, 0.2) is 40.5 Å². The van der Waals surface area contributed by atoms with Crippen molar-refractivity contribution in [2.75, 3.05) is 13.1 Å². The summed E-state index contributed by atoms with van der Waals surface area (Å²) in [6, 6.07) is 8.86. The Bertz CT molecular complexity index is 675. The quantitative estimate of drug-likeness (QED) is 0.466. The minimum atomic E-state index is 0.586. The summed E-state index contributed by atoms with van der Waals surface area (Å²) >= 11 is 0. The Hall–Kier alpha value is -1.70. The molecule has 0 N–H and O–H groups in total. The summed E-state index contributed by atoms with van der Waals surface area (Å²) in [5.74, 6) is 0.586. The van der Waals surface area contributed by atoms with Crippen molar-refractivity contribution in [1.82, 2.24) is 0 Å². The number of aliphatic imine (C=N–C) groups is 1. The molecule has 0 aromatic heterocycles. The van der Waals surface area contributed by atoms with Crippen LogP contribution in [0.25, 0.3) is 0 Å². The second-order valence-corrected chi connectivity index (χ2v) is 7.75. The molecule has 0 amide bonds. The normalized spacial score (nSPS) is 18.4. The summed E-state index contributed by atoms with van der Waals surface area (Å²) in [6.07, 6.45) is 10.9. The van der Waals surface area contributed by atoms with E-state index >= 15 is 0 Å². The van der Waals surface area contributed by atoms with Gasteiger partial charge in [-0.1, -0.05) is 51.5 Å². The van der Waals surface area contributed by atoms with E-state index in [0.717, 1.165) is 13.0 Å². The molecule has 0 saturated heterocycles. The number of hydrogen-bond donors (Lipinski definition) is 0. The standard InChI is InChI=1S/C23H33N2/c1-4-5-15-25-16-14-22(21-8-6-7-9-23(21)25)24-17-19-10-12-20(13-11-19)18(2)3/h10-13,17-18H,4-9,14-16H2,1-3H3/q+1. The lowest BCUT2D eigenvalue weighted by Crippen LogP contribution is -2.31. The molecule has 1 saturated carbocycles. The van der Waals surface area contributed by atoms with Crippen molar-refractivity contribution < 1.29 is 4.58 Å². The predicted octanol–water partition coefficient (Wildman–Crippen LogP) is 5.71. The molecule has 0 radical (unpaired) electrons. The Morgan fingerprint density at radius 2 is 1.84 bits per heavy atom. The molecule has 2 heteroatoms. The van der Waals surface area contributed by atoms with Crippen molar-refractivity contribution in [2.45, 2.75) is 71.6 Å². The summed E-state index contributed by atoms with van der Waals surface area (Å²) in [5.41, 5.74) is 7.11. The molecule has 0 atom stereocenters. The minimum Gasteiger partial charge on any atom is -0.260 e. The maximum atomic E-state index is 4.93. The molecule has 1 fully saturated rings. The van der Waals surface area contributed by atoms with E-state index in [-0.39, 0.29) is 0 Å². The number of allylic oxidation sites excluding steroid dienone is 1. The number of nitrogens with zero attached hydrogens (tertiary/aromatic N) is 2. The van der Waals surface area contributed by atoms with Crippen molar-refractivity contribution in [3.8, 4) is 0 Å². The molecule has 134 valence electrons. The predicted molar refractivity (Wildman–Crippen MR) is 108 cm³/mol. The average molecular weight is 338 g/mol. The molecule has 2 nitrogen and oxygen atoms in total. The van der Waals surface area contributed by atoms with Gasteiger partial charge in [-0.25, -0.2) is 4.58 Å². The monoisotopic (exact) mass is 337 g/mol. The van der Waals surface area contributed by atoms with Crippen LogP contribution in [-0.2, 0) is 0 Å². The van der Waals surface area contributed by atoms with E-state index in [1.165, 1.54) is 61.9 Å². The molecule has 1 heterocycles. The van der Waals surface area contributed by atoms with Gasteiger partial charge in [0.05, 0.1) is 5.70 Å². The molecule has 1 aliphatic heterocycles. The fraction of sp³-hybridized carbons (Fsp3) is 0.565. The zero-order chi connectivity index (χ0) is 17.6. The highest BCUT2D eigenvalue weighted by Gasteiger charge is 2.29. The van der Waals surface area contributed by atoms with Gasteiger partial charge in [-0.2, -0.15) is 0 Å². The molecular weight excluding hydrogens is 304 g/mol. The molecule has 1 aliphatic carbocycles. The van der Waals surface area contributed by atoms with Crippen LogP contribution >= 0.6 is 0 Å². The first-order valence-corrected chi connectivity index (χ1v) is 10.2. The second kappa shape index (κ2) is 8.60. The van der Waals surface area contributed by atoms with Crippen LogP contribution < -0.4 is 0 Å². The lowest BCUT2D eigenvalue weighted by Gasteiger charge is -2.23. The van der Waals surface area contributed by atoms with Crippen LogP contribution in [0.1, 0.15) is 82.8 Å². The Morgan fingerprint density at radius 1 is 1.08 bits per heavy atom. The fourth-order valence-electron chi connectivity index (χ4n) is 3.93. The number of rotatable bonds is 6. The highest BCUT2D eigenvalue weighted by molar-refractivity contribution is 5.98. The lowest BCUT2D eigenvalue weighted by molar-refractivity contribution is -0.530. The minimum absolute atomic E-state index is 0.586. The van der Waals surface area contributed by atoms with E-state index in [1.807, 2.05) is 0 Å². The van der Waals surface area contributed by atoms with Gasteiger partial charge in [-0.3, -0.25) is 4.99 Å². The molecule has 0 spiro atoms. The number of unbranched alkanes of at least 4 members (excludes halogenated alkanes) is 1. The molecule has 1 aromatic rings. The highest BCUT2D eigenvalue weighted by atomic mass is 15.0. The largest absolute Gasteiger partial charge is 0.260 e. The first-order valence-electron chi connectivity index (χ1n) is 10.2. The van der Waals surface area contributed by atoms with Crippen LogP contribution in [-0.4, -0.2) is 29.6 Å². The highest BCUT2D eigenvalue weighted by Crippen LogP contribution is 2.29. The first kappa shape index (κ1) is 18.1. The third-order valence-electron chi connectivity index (χ3n) is 5.54. The maximum Gasteiger partial charge on any atom is 0.181 e. The third kappa shape index (κ3) is 4.48. The topological polar surface area (TPSA) is 15.4 Å². The van der Waals surface area contributed by atoms with Gasteiger partial charge in [-0.15, -0.1) is 0 Å². The molecule has 0 unspecified atom stereocenters. The average Bonchev–Trinajstić information content (AvgIpc) is 2.65. The summed E-state index contributed by atoms with van der Waals surface area (Å²) in [7, 11) is 0. The third-order valence-corrected chi connectivity index (χ3v) is 5.54. The van der Waals surface area contributed by atoms with E-state index in [1.54, 1.807) is 11.3 Å². The second-order valence-electron chi connectivity index (χ2n) is 7.75. The van der Waals surface area contributed by atoms with Crippen LogP contribution in [0.4, 0.5) is 0 Å². The molecule has 1 aromatic carbocycles. The van der Waals surface area contributed by atoms with Gasteiger partial charge in [0, 0.05) is 31.1 Å². The first-order chi connectivity index (χ1) is 12.2. The Labute approximate surface area is 153 Å². The zero-order valence-electron chi connectivity index (χ0n) is 16.2. The Morgan fingerprint density at radius 3 is 2.56 bits per heavy atom. The van der Waals surface area contributed by atoms with Gasteiger partial charge in [0.15, 0.2) is 5.71 Å². The van der Waals surface area contributed by atoms with Crippen molar-refractivity contribution in [2.24, 2.45) is 4.99 Å². The Balaban J connectivity index is 1.80. The Kier molecular flexibility index (Phi) is 6.23. The SMILES string of the molecule is CCCC[N+]1=C2CCCCC2=C(N=Cc2ccc(C(C)C)cc2)CC1. The lowest BCUT2D eigenvalue weighted by atomic mass is 9.88. The van der Waals surface area contributed by atoms with E-state index in [0.29, 0.717) is 5.92 Å². The van der Waals surface area contributed by atoms with Gasteiger partial charge in [-0.05, 0) is 36.3 Å². The van der Waals surface area contributed by atoms with Gasteiger partial charge >= 0.3 is 0 Å². The van der Waals surface area contributed by atoms with Gasteiger partial charge in [0.2, 0.25) is 0 Å². The molecular formula is C23H33N2+. The van der Waals surface area contributed by atoms with Gasteiger partial charge < -0.3 is 0 Å². The summed E-state index contributed by atoms with van der Waals surface area (Å²) in [5, 5.41) is 0. The number of fused-ring (bicyclic) bond motifs is 1. The molecule has 0 bridgehead atoms. The summed E-state index contributed by atoms with van der Waals surface area (Å²) < 4.78 is 2.65. The van der Waals surface area contributed by atoms with Crippen LogP contribution in [0.5, 0.6) is 0 Å². The van der Waals surface area contributed by atoms with Gasteiger partial charge in [0.25, 0.3) is 0 Å². The molecule has 3 rings (SSSR count). The van der Waals surface area contributed by atoms with Crippen molar-refractivity contribution >= 4 is 11.9 Å². The van der Waals surface area contributed by atoms with E-state index in [2.05, 4.69) is 55.8 Å². The smallest absolute Gasteiger partial charge is 0.181 e. The number of benzene rings is 1. The van der Waals surface area contributed by atoms with E-state index in [9.17, 15) is 0 Å². The van der Waals surface area contributed by atoms with Crippen LogP contribution in [0.3, 0.4) is 0 Å². The summed E-state index contributed by atoms with van der Waals surface area (Å²) in [4.78, 5) is 4.93. The van der Waals surface area contributed by atoms with Crippen LogP contribution in [0, 0.1) is 0 Å². The van der Waals surface area contributed by atoms with Crippen molar-refractivity contribution in [3.05, 3.63) is 46.7 Å². The van der Waals surface area contributed by atoms with E-state index < -0.39 is 0 Å². The van der Waals surface area contributed by atoms with Crippen molar-refractivity contribution in [1.29, 1.82) is 0 Å². The number of hydrogen-bond acceptors (Lipinski definition) is 1. The zero-order valence-corrected chi connectivity index (χ0v) is 16.2. The van der Waals surface area contributed by atoms with E-state index in [4.69, 9.17) is 4.99 Å². The fourth-order valence-corrected chi connectivity index (χ4v) is 3.93. The molecule has 2 aliphatic rings. The molecule has 25 heavy (non-hydrogen) atoms. The maximum absolute atomic E-state index is 4.93. The van der Waals surface area contributed by atoms with Gasteiger partial charge in [0.1, 0.15) is 13.1 Å².